The van der Waals surface area contributed by atoms with Gasteiger partial charge in [-0.15, -0.1) is 11.3 Å². The van der Waals surface area contributed by atoms with Crippen molar-refractivity contribution in [1.29, 1.82) is 0 Å². The second-order valence-electron chi connectivity index (χ2n) is 11.0. The molecule has 0 unspecified atom stereocenters. The maximum absolute atomic E-state index is 15.7. The number of hydrogen-bond acceptors (Lipinski definition) is 1. The van der Waals surface area contributed by atoms with E-state index >= 15 is 8.78 Å². The number of hydrogen-bond donors (Lipinski definition) is 0. The summed E-state index contributed by atoms with van der Waals surface area (Å²) in [4.78, 5) is 1.05. The summed E-state index contributed by atoms with van der Waals surface area (Å²) in [6, 6.07) is 37.4. The molecule has 0 saturated carbocycles. The van der Waals surface area contributed by atoms with Gasteiger partial charge in [0.2, 0.25) is 0 Å². The summed E-state index contributed by atoms with van der Waals surface area (Å²) in [5.41, 5.74) is 5.21. The molecule has 0 atom stereocenters. The molecule has 1 heterocycles. The molecule has 0 fully saturated rings. The molecular formula is C41H26F2S. The van der Waals surface area contributed by atoms with Gasteiger partial charge in [-0.25, -0.2) is 8.78 Å². The summed E-state index contributed by atoms with van der Waals surface area (Å²) in [7, 11) is 0. The summed E-state index contributed by atoms with van der Waals surface area (Å²) < 4.78 is 32.5. The lowest BCUT2D eigenvalue weighted by Crippen LogP contribution is -1.96. The number of halogens is 2. The van der Waals surface area contributed by atoms with Gasteiger partial charge < -0.3 is 0 Å². The molecule has 0 nitrogen and oxygen atoms in total. The molecule has 0 radical (unpaired) electrons. The molecule has 0 aliphatic heterocycles. The van der Waals surface area contributed by atoms with Crippen LogP contribution in [0.2, 0.25) is 0 Å². The Balaban J connectivity index is 1.42. The molecule has 0 spiro atoms. The highest BCUT2D eigenvalue weighted by Gasteiger charge is 2.22. The summed E-state index contributed by atoms with van der Waals surface area (Å²) >= 11 is 1.69. The van der Waals surface area contributed by atoms with E-state index in [2.05, 4.69) is 30.9 Å². The Morgan fingerprint density at radius 1 is 0.568 bits per heavy atom. The van der Waals surface area contributed by atoms with Crippen LogP contribution in [0.15, 0.2) is 128 Å². The predicted octanol–water partition coefficient (Wildman–Crippen LogP) is 12.6. The molecule has 7 aromatic carbocycles. The van der Waals surface area contributed by atoms with Crippen molar-refractivity contribution in [2.24, 2.45) is 0 Å². The molecule has 8 aromatic rings. The Kier molecular flexibility index (Phi) is 6.18. The zero-order valence-electron chi connectivity index (χ0n) is 24.0. The molecule has 8 rings (SSSR count). The maximum Gasteiger partial charge on any atom is 0.138 e. The highest BCUT2D eigenvalue weighted by molar-refractivity contribution is 7.20. The monoisotopic (exact) mass is 588 g/mol. The van der Waals surface area contributed by atoms with Gasteiger partial charge in [0.05, 0.1) is 0 Å². The fourth-order valence-corrected chi connectivity index (χ4v) is 7.97. The van der Waals surface area contributed by atoms with Gasteiger partial charge >= 0.3 is 0 Å². The van der Waals surface area contributed by atoms with Gasteiger partial charge in [0.1, 0.15) is 11.6 Å². The molecule has 0 aliphatic carbocycles. The summed E-state index contributed by atoms with van der Waals surface area (Å²) in [6.07, 6.45) is 4.05. The van der Waals surface area contributed by atoms with Crippen molar-refractivity contribution in [3.63, 3.8) is 0 Å². The number of thiophene rings is 1. The summed E-state index contributed by atoms with van der Waals surface area (Å²) in [5.74, 6) is -0.386. The van der Waals surface area contributed by atoms with Crippen LogP contribution in [0.3, 0.4) is 0 Å². The number of rotatable bonds is 4. The number of benzene rings is 7. The van der Waals surface area contributed by atoms with Crippen LogP contribution in [-0.2, 0) is 0 Å². The minimum absolute atomic E-state index is 0.190. The summed E-state index contributed by atoms with van der Waals surface area (Å²) in [5, 5.41) is 7.10. The van der Waals surface area contributed by atoms with Crippen LogP contribution in [0.5, 0.6) is 0 Å². The fourth-order valence-electron chi connectivity index (χ4n) is 6.86. The van der Waals surface area contributed by atoms with Crippen LogP contribution < -0.4 is 0 Å². The van der Waals surface area contributed by atoms with E-state index in [0.717, 1.165) is 64.3 Å². The lowest BCUT2D eigenvalue weighted by Gasteiger charge is -2.17. The molecule has 210 valence electrons. The van der Waals surface area contributed by atoms with Crippen molar-refractivity contribution in [2.45, 2.75) is 6.92 Å². The van der Waals surface area contributed by atoms with Gasteiger partial charge in [-0.05, 0) is 56.8 Å². The molecule has 0 saturated heterocycles. The first-order valence-corrected chi connectivity index (χ1v) is 15.5. The Bertz CT molecular complexity index is 2380. The Labute approximate surface area is 257 Å². The quantitative estimate of drug-likeness (QED) is 0.179. The van der Waals surface area contributed by atoms with Gasteiger partial charge in [-0.2, -0.15) is 0 Å². The smallest absolute Gasteiger partial charge is 0.138 e. The summed E-state index contributed by atoms with van der Waals surface area (Å²) in [6.45, 7) is 6.24. The van der Waals surface area contributed by atoms with Crippen LogP contribution in [0.1, 0.15) is 22.9 Å². The van der Waals surface area contributed by atoms with Gasteiger partial charge in [0.25, 0.3) is 0 Å². The highest BCUT2D eigenvalue weighted by atomic mass is 32.1. The van der Waals surface area contributed by atoms with Crippen molar-refractivity contribution in [1.82, 2.24) is 0 Å². The van der Waals surface area contributed by atoms with E-state index < -0.39 is 0 Å². The first-order valence-electron chi connectivity index (χ1n) is 14.6. The minimum atomic E-state index is -0.196. The predicted molar refractivity (Wildman–Crippen MR) is 186 cm³/mol. The van der Waals surface area contributed by atoms with Crippen molar-refractivity contribution in [2.75, 3.05) is 0 Å². The van der Waals surface area contributed by atoms with Crippen LogP contribution in [0.25, 0.3) is 76.0 Å². The largest absolute Gasteiger partial charge is 0.206 e. The molecular weight excluding hydrogens is 563 g/mol. The molecule has 0 bridgehead atoms. The van der Waals surface area contributed by atoms with Gasteiger partial charge in [0.15, 0.2) is 0 Å². The van der Waals surface area contributed by atoms with Gasteiger partial charge in [-0.3, -0.25) is 0 Å². The van der Waals surface area contributed by atoms with Crippen LogP contribution in [-0.4, -0.2) is 0 Å². The average molecular weight is 589 g/mol. The Morgan fingerprint density at radius 2 is 1.02 bits per heavy atom. The van der Waals surface area contributed by atoms with Crippen molar-refractivity contribution < 1.29 is 8.78 Å². The second-order valence-corrected chi connectivity index (χ2v) is 12.1. The lowest BCUT2D eigenvalue weighted by atomic mass is 9.86. The molecule has 1 aromatic heterocycles. The van der Waals surface area contributed by atoms with Crippen molar-refractivity contribution in [3.8, 4) is 11.1 Å². The molecule has 3 heteroatoms. The van der Waals surface area contributed by atoms with E-state index in [1.807, 2.05) is 110 Å². The van der Waals surface area contributed by atoms with Crippen molar-refractivity contribution >= 4 is 76.2 Å². The van der Waals surface area contributed by atoms with Crippen LogP contribution in [0.4, 0.5) is 8.78 Å². The third-order valence-corrected chi connectivity index (χ3v) is 9.90. The zero-order valence-corrected chi connectivity index (χ0v) is 24.8. The van der Waals surface area contributed by atoms with Crippen molar-refractivity contribution in [3.05, 3.63) is 156 Å². The number of fused-ring (bicyclic) bond motifs is 5. The standard InChI is InChI=1S/C41H26F2S/c1-3-25(38-28-15-7-11-19-32(28)41(43)33-20-12-8-16-29(33)38)39-34-22-21-24(23-36(34)44-35(39)4-2)37-26-13-5-9-17-30(26)40(42)31-18-10-6-14-27(31)37/h3-23H,2H2,1H3/b25-3-. The van der Waals surface area contributed by atoms with E-state index in [0.29, 0.717) is 21.5 Å². The SMILES string of the molecule is C=Cc1sc2cc(-c3c4ccccc4c(F)c4ccccc34)ccc2c1/C(=C\C)c1c2ccccc2c(F)c2ccccc12. The van der Waals surface area contributed by atoms with E-state index in [-0.39, 0.29) is 11.6 Å². The van der Waals surface area contributed by atoms with E-state index in [1.54, 1.807) is 11.3 Å². The number of allylic oxidation sites excluding steroid dienone is 1. The van der Waals surface area contributed by atoms with Gasteiger partial charge in [-0.1, -0.05) is 128 Å². The first-order chi connectivity index (χ1) is 21.6. The average Bonchev–Trinajstić information content (AvgIpc) is 3.44. The van der Waals surface area contributed by atoms with Crippen LogP contribution >= 0.6 is 11.3 Å². The minimum Gasteiger partial charge on any atom is -0.206 e. The van der Waals surface area contributed by atoms with Crippen LogP contribution in [0, 0.1) is 11.6 Å². The lowest BCUT2D eigenvalue weighted by molar-refractivity contribution is 0.651. The van der Waals surface area contributed by atoms with E-state index in [1.165, 1.54) is 0 Å². The van der Waals surface area contributed by atoms with E-state index in [4.69, 9.17) is 0 Å². The zero-order chi connectivity index (χ0) is 29.9. The first kappa shape index (κ1) is 26.5. The Hall–Kier alpha value is -5.12. The maximum atomic E-state index is 15.7. The molecule has 0 amide bonds. The van der Waals surface area contributed by atoms with E-state index in [9.17, 15) is 0 Å². The molecule has 0 N–H and O–H groups in total. The molecule has 44 heavy (non-hydrogen) atoms. The topological polar surface area (TPSA) is 0 Å². The molecule has 0 aliphatic rings. The Morgan fingerprint density at radius 3 is 1.50 bits per heavy atom. The fraction of sp³-hybridized carbons (Fsp3) is 0.0244. The third-order valence-electron chi connectivity index (χ3n) is 8.75. The normalized spacial score (nSPS) is 12.2. The second kappa shape index (κ2) is 10.3. The highest BCUT2D eigenvalue weighted by Crippen LogP contribution is 2.46. The third kappa shape index (κ3) is 3.79. The van der Waals surface area contributed by atoms with Gasteiger partial charge in [0, 0.05) is 42.1 Å².